The van der Waals surface area contributed by atoms with Gasteiger partial charge in [0.25, 0.3) is 5.91 Å². The van der Waals surface area contributed by atoms with Gasteiger partial charge in [0.2, 0.25) is 0 Å². The molecule has 0 bridgehead atoms. The summed E-state index contributed by atoms with van der Waals surface area (Å²) >= 11 is 7.69. The normalized spacial score (nSPS) is 25.8. The van der Waals surface area contributed by atoms with Crippen molar-refractivity contribution >= 4 is 35.0 Å². The highest BCUT2D eigenvalue weighted by molar-refractivity contribution is 8.01. The van der Waals surface area contributed by atoms with Crippen molar-refractivity contribution in [3.8, 4) is 0 Å². The number of halogens is 1. The van der Waals surface area contributed by atoms with Crippen molar-refractivity contribution < 1.29 is 4.79 Å². The minimum atomic E-state index is -0.591. The van der Waals surface area contributed by atoms with Crippen molar-refractivity contribution in [3.63, 3.8) is 0 Å². The molecule has 1 aromatic rings. The number of hydrogen-bond acceptors (Lipinski definition) is 3. The maximum atomic E-state index is 13.0. The molecule has 3 nitrogen and oxygen atoms in total. The van der Waals surface area contributed by atoms with Gasteiger partial charge in [0.1, 0.15) is 4.75 Å². The van der Waals surface area contributed by atoms with Crippen molar-refractivity contribution in [1.82, 2.24) is 5.43 Å². The number of hydrogen-bond donors (Lipinski definition) is 1. The lowest BCUT2D eigenvalue weighted by Gasteiger charge is -2.31. The van der Waals surface area contributed by atoms with E-state index in [9.17, 15) is 4.79 Å². The van der Waals surface area contributed by atoms with Crippen LogP contribution in [0.3, 0.4) is 0 Å². The molecular weight excluding hydrogens is 304 g/mol. The Morgan fingerprint density at radius 2 is 2.14 bits per heavy atom. The van der Waals surface area contributed by atoms with Crippen LogP contribution in [0.2, 0.25) is 5.02 Å². The summed E-state index contributed by atoms with van der Waals surface area (Å²) < 4.78 is -0.591. The van der Waals surface area contributed by atoms with Crippen LogP contribution in [-0.4, -0.2) is 16.4 Å². The molecule has 1 amide bonds. The summed E-state index contributed by atoms with van der Waals surface area (Å²) in [6.07, 6.45) is 0.714. The zero-order valence-corrected chi connectivity index (χ0v) is 13.6. The van der Waals surface area contributed by atoms with Crippen LogP contribution in [0.15, 0.2) is 47.7 Å². The highest BCUT2D eigenvalue weighted by Gasteiger charge is 2.52. The summed E-state index contributed by atoms with van der Waals surface area (Å²) in [6, 6.07) is 7.27. The standard InChI is InChI=1S/C16H17ClN2OS/c1-10-8-16(21-9-11(10)2)12(3)18-19(15(16)20)14-6-4-5-13(17)7-14/h4-7,18H,3,8-9H2,1-2H3/t16-/m1/s1. The fraction of sp³-hybridized carbons (Fsp3) is 0.312. The van der Waals surface area contributed by atoms with E-state index < -0.39 is 4.75 Å². The first kappa shape index (κ1) is 14.5. The summed E-state index contributed by atoms with van der Waals surface area (Å²) in [4.78, 5) is 13.0. The third-order valence-corrected chi connectivity index (χ3v) is 6.00. The Morgan fingerprint density at radius 1 is 1.38 bits per heavy atom. The Morgan fingerprint density at radius 3 is 2.81 bits per heavy atom. The number of carbonyl (C=O) groups excluding carboxylic acids is 1. The average molecular weight is 321 g/mol. The molecule has 0 aromatic heterocycles. The molecule has 1 atom stereocenters. The Bertz CT molecular complexity index is 670. The first-order valence-corrected chi connectivity index (χ1v) is 8.16. The number of nitrogens with one attached hydrogen (secondary N) is 1. The number of carbonyl (C=O) groups is 1. The molecule has 1 saturated heterocycles. The lowest BCUT2D eigenvalue weighted by Crippen LogP contribution is -2.41. The number of allylic oxidation sites excluding steroid dienone is 1. The van der Waals surface area contributed by atoms with Crippen molar-refractivity contribution in [2.75, 3.05) is 10.8 Å². The summed E-state index contributed by atoms with van der Waals surface area (Å²) in [6.45, 7) is 8.31. The fourth-order valence-corrected chi connectivity index (χ4v) is 4.29. The van der Waals surface area contributed by atoms with Gasteiger partial charge in [0.05, 0.1) is 11.4 Å². The predicted octanol–water partition coefficient (Wildman–Crippen LogP) is 3.92. The van der Waals surface area contributed by atoms with E-state index in [0.717, 1.165) is 17.1 Å². The zero-order chi connectivity index (χ0) is 15.2. The lowest BCUT2D eigenvalue weighted by atomic mass is 9.93. The predicted molar refractivity (Wildman–Crippen MR) is 89.4 cm³/mol. The van der Waals surface area contributed by atoms with Gasteiger partial charge in [-0.1, -0.05) is 35.4 Å². The van der Waals surface area contributed by atoms with Gasteiger partial charge in [-0.25, -0.2) is 5.01 Å². The van der Waals surface area contributed by atoms with E-state index >= 15 is 0 Å². The fourth-order valence-electron chi connectivity index (χ4n) is 2.64. The van der Waals surface area contributed by atoms with Gasteiger partial charge in [-0.3, -0.25) is 10.2 Å². The molecule has 1 spiro atoms. The molecule has 110 valence electrons. The van der Waals surface area contributed by atoms with Gasteiger partial charge in [-0.05, 0) is 38.5 Å². The van der Waals surface area contributed by atoms with E-state index in [-0.39, 0.29) is 5.91 Å². The third-order valence-electron chi connectivity index (χ3n) is 4.13. The number of amides is 1. The molecule has 2 aliphatic rings. The molecule has 0 radical (unpaired) electrons. The van der Waals surface area contributed by atoms with Crippen molar-refractivity contribution in [1.29, 1.82) is 0 Å². The number of rotatable bonds is 1. The molecule has 0 saturated carbocycles. The van der Waals surface area contributed by atoms with Crippen LogP contribution < -0.4 is 10.4 Å². The number of thioether (sulfide) groups is 1. The van der Waals surface area contributed by atoms with E-state index in [4.69, 9.17) is 11.6 Å². The molecule has 3 rings (SSSR count). The summed E-state index contributed by atoms with van der Waals surface area (Å²) in [5.41, 5.74) is 7.26. The monoisotopic (exact) mass is 320 g/mol. The largest absolute Gasteiger partial charge is 0.294 e. The molecule has 1 fully saturated rings. The maximum Gasteiger partial charge on any atom is 0.268 e. The number of nitrogens with zero attached hydrogens (tertiary/aromatic N) is 1. The van der Waals surface area contributed by atoms with Crippen LogP contribution in [0, 0.1) is 0 Å². The molecule has 5 heteroatoms. The lowest BCUT2D eigenvalue weighted by molar-refractivity contribution is -0.118. The Hall–Kier alpha value is -1.39. The minimum absolute atomic E-state index is 0.0339. The SMILES string of the molecule is C=C1NN(c2cccc(Cl)c2)C(=O)[C@@]12CC(C)=C(C)CS2. The second kappa shape index (κ2) is 5.11. The molecule has 0 unspecified atom stereocenters. The number of benzene rings is 1. The Balaban J connectivity index is 1.97. The molecule has 1 N–H and O–H groups in total. The summed E-state index contributed by atoms with van der Waals surface area (Å²) in [5.74, 6) is 0.897. The molecule has 0 aliphatic carbocycles. The number of anilines is 1. The van der Waals surface area contributed by atoms with Crippen molar-refractivity contribution in [3.05, 3.63) is 52.7 Å². The van der Waals surface area contributed by atoms with E-state index in [1.165, 1.54) is 11.1 Å². The van der Waals surface area contributed by atoms with E-state index in [2.05, 4.69) is 25.9 Å². The second-order valence-electron chi connectivity index (χ2n) is 5.56. The van der Waals surface area contributed by atoms with E-state index in [1.807, 2.05) is 12.1 Å². The number of hydrazine groups is 1. The van der Waals surface area contributed by atoms with Crippen LogP contribution >= 0.6 is 23.4 Å². The van der Waals surface area contributed by atoms with Crippen LogP contribution in [-0.2, 0) is 4.79 Å². The molecular formula is C16H17ClN2OS. The van der Waals surface area contributed by atoms with Crippen LogP contribution in [0.25, 0.3) is 0 Å². The van der Waals surface area contributed by atoms with Crippen LogP contribution in [0.1, 0.15) is 20.3 Å². The Labute approximate surface area is 134 Å². The van der Waals surface area contributed by atoms with Crippen molar-refractivity contribution in [2.24, 2.45) is 0 Å². The minimum Gasteiger partial charge on any atom is -0.294 e. The highest BCUT2D eigenvalue weighted by Crippen LogP contribution is 2.47. The zero-order valence-electron chi connectivity index (χ0n) is 12.1. The van der Waals surface area contributed by atoms with Gasteiger partial charge in [0.15, 0.2) is 0 Å². The quantitative estimate of drug-likeness (QED) is 0.796. The summed E-state index contributed by atoms with van der Waals surface area (Å²) in [5, 5.41) is 2.17. The van der Waals surface area contributed by atoms with Gasteiger partial charge in [-0.15, -0.1) is 11.8 Å². The van der Waals surface area contributed by atoms with Gasteiger partial charge < -0.3 is 0 Å². The maximum absolute atomic E-state index is 13.0. The van der Waals surface area contributed by atoms with Crippen LogP contribution in [0.5, 0.6) is 0 Å². The first-order valence-electron chi connectivity index (χ1n) is 6.79. The molecule has 1 aromatic carbocycles. The average Bonchev–Trinajstić information content (AvgIpc) is 2.68. The second-order valence-corrected chi connectivity index (χ2v) is 7.27. The van der Waals surface area contributed by atoms with Gasteiger partial charge >= 0.3 is 0 Å². The molecule has 21 heavy (non-hydrogen) atoms. The summed E-state index contributed by atoms with van der Waals surface area (Å²) in [7, 11) is 0. The van der Waals surface area contributed by atoms with Crippen molar-refractivity contribution in [2.45, 2.75) is 25.0 Å². The van der Waals surface area contributed by atoms with E-state index in [0.29, 0.717) is 11.4 Å². The van der Waals surface area contributed by atoms with Gasteiger partial charge in [-0.2, -0.15) is 0 Å². The topological polar surface area (TPSA) is 32.3 Å². The third kappa shape index (κ3) is 2.27. The van der Waals surface area contributed by atoms with E-state index in [1.54, 1.807) is 28.9 Å². The smallest absolute Gasteiger partial charge is 0.268 e. The van der Waals surface area contributed by atoms with Crippen LogP contribution in [0.4, 0.5) is 5.69 Å². The first-order chi connectivity index (χ1) is 9.94. The molecule has 2 aliphatic heterocycles. The van der Waals surface area contributed by atoms with Gasteiger partial charge in [0, 0.05) is 10.8 Å². The highest BCUT2D eigenvalue weighted by atomic mass is 35.5. The molecule has 2 heterocycles. The Kier molecular flexibility index (Phi) is 3.54.